The fourth-order valence-electron chi connectivity index (χ4n) is 7.61. The third-order valence-electron chi connectivity index (χ3n) is 8.82. The van der Waals surface area contributed by atoms with Crippen LogP contribution in [0.5, 0.6) is 0 Å². The molecule has 0 unspecified atom stereocenters. The molecule has 28 heavy (non-hydrogen) atoms. The molecular weight excluding hydrogens is 358 g/mol. The summed E-state index contributed by atoms with van der Waals surface area (Å²) in [5.74, 6) is -0.748. The van der Waals surface area contributed by atoms with Crippen molar-refractivity contribution >= 4 is 11.9 Å². The van der Waals surface area contributed by atoms with Crippen LogP contribution in [0.25, 0.3) is 0 Å². The normalized spacial score (nSPS) is 46.6. The maximum Gasteiger partial charge on any atom is 0.317 e. The lowest BCUT2D eigenvalue weighted by Gasteiger charge is -2.63. The van der Waals surface area contributed by atoms with Crippen LogP contribution >= 0.6 is 0 Å². The molecule has 2 bridgehead atoms. The van der Waals surface area contributed by atoms with Crippen molar-refractivity contribution < 1.29 is 24.9 Å². The van der Waals surface area contributed by atoms with Crippen LogP contribution in [0.15, 0.2) is 12.2 Å². The smallest absolute Gasteiger partial charge is 0.317 e. The minimum absolute atomic E-state index is 0.107. The van der Waals surface area contributed by atoms with E-state index in [0.717, 1.165) is 63.4 Å². The number of hydrogen-bond acceptors (Lipinski definition) is 4. The molecule has 0 amide bonds. The molecule has 0 aromatic heterocycles. The highest BCUT2D eigenvalue weighted by Crippen LogP contribution is 2.72. The van der Waals surface area contributed by atoms with Gasteiger partial charge in [0.15, 0.2) is 0 Å². The van der Waals surface area contributed by atoms with Gasteiger partial charge in [-0.15, -0.1) is 0 Å². The van der Waals surface area contributed by atoms with E-state index in [9.17, 15) is 19.8 Å². The molecule has 4 rings (SSSR count). The second kappa shape index (κ2) is 6.84. The zero-order valence-corrected chi connectivity index (χ0v) is 17.2. The van der Waals surface area contributed by atoms with E-state index in [4.69, 9.17) is 5.11 Å². The Morgan fingerprint density at radius 2 is 1.71 bits per heavy atom. The lowest BCUT2D eigenvalue weighted by atomic mass is 9.41. The van der Waals surface area contributed by atoms with Gasteiger partial charge in [0.05, 0.1) is 17.6 Å². The van der Waals surface area contributed by atoms with Crippen LogP contribution in [-0.2, 0) is 9.59 Å². The topological polar surface area (TPSA) is 121 Å². The van der Waals surface area contributed by atoms with E-state index in [1.165, 1.54) is 0 Å². The monoisotopic (exact) mass is 393 g/mol. The molecule has 0 aliphatic heterocycles. The first-order chi connectivity index (χ1) is 12.9. The highest BCUT2D eigenvalue weighted by atomic mass is 16.4. The summed E-state index contributed by atoms with van der Waals surface area (Å²) in [6, 6.07) is 0. The first-order valence-electron chi connectivity index (χ1n) is 10.5. The van der Waals surface area contributed by atoms with Gasteiger partial charge in [-0.3, -0.25) is 9.59 Å². The molecule has 0 aromatic carbocycles. The molecule has 158 valence electrons. The predicted molar refractivity (Wildman–Crippen MR) is 106 cm³/mol. The van der Waals surface area contributed by atoms with Gasteiger partial charge in [0, 0.05) is 0 Å². The van der Waals surface area contributed by atoms with Crippen LogP contribution in [0.2, 0.25) is 0 Å². The zero-order valence-electron chi connectivity index (χ0n) is 17.2. The molecule has 0 aromatic rings. The van der Waals surface area contributed by atoms with Gasteiger partial charge in [-0.25, -0.2) is 0 Å². The average Bonchev–Trinajstić information content (AvgIpc) is 2.79. The van der Waals surface area contributed by atoms with Gasteiger partial charge in [-0.05, 0) is 86.5 Å². The Morgan fingerprint density at radius 3 is 2.29 bits per heavy atom. The average molecular weight is 394 g/mol. The van der Waals surface area contributed by atoms with Crippen LogP contribution in [0.3, 0.4) is 0 Å². The molecule has 5 N–H and O–H groups in total. The Bertz CT molecular complexity index is 692. The molecule has 4 saturated carbocycles. The minimum Gasteiger partial charge on any atom is -0.481 e. The van der Waals surface area contributed by atoms with Crippen LogP contribution < -0.4 is 5.73 Å². The second-order valence-electron chi connectivity index (χ2n) is 10.2. The predicted octanol–water partition coefficient (Wildman–Crippen LogP) is 3.18. The summed E-state index contributed by atoms with van der Waals surface area (Å²) in [7, 11) is 0. The van der Waals surface area contributed by atoms with E-state index < -0.39 is 23.0 Å². The lowest BCUT2D eigenvalue weighted by Crippen LogP contribution is -2.59. The Balaban J connectivity index is 0.000000403. The van der Waals surface area contributed by atoms with Crippen molar-refractivity contribution in [3.05, 3.63) is 12.2 Å². The number of carboxylic acid groups (broad SMARTS) is 2. The molecule has 4 aliphatic rings. The molecule has 4 aliphatic carbocycles. The summed E-state index contributed by atoms with van der Waals surface area (Å²) in [5.41, 5.74) is 4.70. The molecule has 0 heterocycles. The minimum atomic E-state index is -0.968. The largest absolute Gasteiger partial charge is 0.481 e. The SMILES string of the molecule is C=C1C[C@@]23CC[C@H]4[C@@](C)(CCC[C@@]4(C)C(=O)O)[C@@H]2CC[C@]1(O)C3.NCC(=O)O. The van der Waals surface area contributed by atoms with Crippen molar-refractivity contribution in [2.45, 2.75) is 77.2 Å². The van der Waals surface area contributed by atoms with Gasteiger partial charge in [0.1, 0.15) is 0 Å². The highest BCUT2D eigenvalue weighted by Gasteiger charge is 2.67. The quantitative estimate of drug-likeness (QED) is 0.535. The molecule has 4 fully saturated rings. The van der Waals surface area contributed by atoms with Crippen LogP contribution in [0.4, 0.5) is 0 Å². The lowest BCUT2D eigenvalue weighted by molar-refractivity contribution is -0.186. The van der Waals surface area contributed by atoms with Crippen LogP contribution in [0, 0.1) is 28.1 Å². The van der Waals surface area contributed by atoms with Crippen molar-refractivity contribution in [1.29, 1.82) is 0 Å². The van der Waals surface area contributed by atoms with Crippen molar-refractivity contribution in [3.63, 3.8) is 0 Å². The second-order valence-corrected chi connectivity index (χ2v) is 10.2. The van der Waals surface area contributed by atoms with E-state index >= 15 is 0 Å². The van der Waals surface area contributed by atoms with Crippen molar-refractivity contribution in [3.8, 4) is 0 Å². The van der Waals surface area contributed by atoms with E-state index in [1.807, 2.05) is 6.92 Å². The summed E-state index contributed by atoms with van der Waals surface area (Å²) in [6.07, 6.45) is 8.75. The summed E-state index contributed by atoms with van der Waals surface area (Å²) in [5, 5.41) is 28.4. The molecule has 0 radical (unpaired) electrons. The number of fused-ring (bicyclic) bond motifs is 3. The molecule has 6 heteroatoms. The fraction of sp³-hybridized carbons (Fsp3) is 0.818. The third kappa shape index (κ3) is 3.00. The summed E-state index contributed by atoms with van der Waals surface area (Å²) in [6.45, 7) is 8.27. The summed E-state index contributed by atoms with van der Waals surface area (Å²) in [4.78, 5) is 21.3. The Labute approximate surface area is 167 Å². The number of rotatable bonds is 2. The highest BCUT2D eigenvalue weighted by molar-refractivity contribution is 5.75. The van der Waals surface area contributed by atoms with Gasteiger partial charge in [-0.2, -0.15) is 0 Å². The number of hydrogen-bond donors (Lipinski definition) is 4. The van der Waals surface area contributed by atoms with Crippen molar-refractivity contribution in [1.82, 2.24) is 0 Å². The molecule has 6 atom stereocenters. The molecule has 0 saturated heterocycles. The Hall–Kier alpha value is -1.40. The van der Waals surface area contributed by atoms with Crippen molar-refractivity contribution in [2.75, 3.05) is 6.54 Å². The first-order valence-corrected chi connectivity index (χ1v) is 10.5. The van der Waals surface area contributed by atoms with Gasteiger partial charge in [0.25, 0.3) is 0 Å². The Morgan fingerprint density at radius 1 is 1.11 bits per heavy atom. The van der Waals surface area contributed by atoms with Gasteiger partial charge < -0.3 is 21.1 Å². The molecular formula is C22H35NO5. The van der Waals surface area contributed by atoms with Crippen LogP contribution in [0.1, 0.15) is 71.6 Å². The number of aliphatic hydroxyl groups is 1. The zero-order chi connectivity index (χ0) is 21.0. The number of aliphatic carboxylic acids is 2. The fourth-order valence-corrected chi connectivity index (χ4v) is 7.61. The van der Waals surface area contributed by atoms with E-state index in [2.05, 4.69) is 19.2 Å². The third-order valence-corrected chi connectivity index (χ3v) is 8.82. The first kappa shape index (κ1) is 21.3. The van der Waals surface area contributed by atoms with Gasteiger partial charge >= 0.3 is 11.9 Å². The summed E-state index contributed by atoms with van der Waals surface area (Å²) < 4.78 is 0. The van der Waals surface area contributed by atoms with Crippen molar-refractivity contribution in [2.24, 2.45) is 33.8 Å². The standard InChI is InChI=1S/C20H30O3.C2H5NO2/c1-13-11-19-9-5-14-17(2,7-4-8-18(14,3)16(21)22)15(19)6-10-20(13,23)12-19;3-1-2(4)5/h14-15,23H,1,4-12H2,2-3H3,(H,21,22);1,3H2,(H,4,5)/t14-,15-,17+,18+,19+,20-;/m0./s1. The number of carboxylic acids is 2. The van der Waals surface area contributed by atoms with E-state index in [1.54, 1.807) is 0 Å². The Kier molecular flexibility index (Phi) is 5.20. The summed E-state index contributed by atoms with van der Waals surface area (Å²) >= 11 is 0. The van der Waals surface area contributed by atoms with Gasteiger partial charge in [-0.1, -0.05) is 19.9 Å². The maximum atomic E-state index is 12.0. The van der Waals surface area contributed by atoms with Gasteiger partial charge in [0.2, 0.25) is 0 Å². The maximum absolute atomic E-state index is 12.0. The number of nitrogens with two attached hydrogens (primary N) is 1. The number of carbonyl (C=O) groups is 2. The molecule has 1 spiro atoms. The molecule has 6 nitrogen and oxygen atoms in total. The van der Waals surface area contributed by atoms with Crippen LogP contribution in [-0.4, -0.2) is 39.4 Å². The van der Waals surface area contributed by atoms with E-state index in [-0.39, 0.29) is 23.3 Å². The van der Waals surface area contributed by atoms with E-state index in [0.29, 0.717) is 5.92 Å².